The highest BCUT2D eigenvalue weighted by atomic mass is 19.1. The molecule has 1 aromatic carbocycles. The Morgan fingerprint density at radius 3 is 2.73 bits per heavy atom. The first kappa shape index (κ1) is 18.7. The van der Waals surface area contributed by atoms with Crippen LogP contribution in [0.4, 0.5) is 10.1 Å². The molecule has 1 saturated heterocycles. The zero-order valence-electron chi connectivity index (χ0n) is 16.5. The van der Waals surface area contributed by atoms with Gasteiger partial charge in [0.05, 0.1) is 22.8 Å². The van der Waals surface area contributed by atoms with Crippen molar-refractivity contribution in [2.24, 2.45) is 0 Å². The van der Waals surface area contributed by atoms with Gasteiger partial charge in [0.15, 0.2) is 5.65 Å². The number of nitrogens with one attached hydrogen (secondary N) is 1. The Labute approximate surface area is 172 Å². The summed E-state index contributed by atoms with van der Waals surface area (Å²) in [6, 6.07) is 6.26. The molecule has 0 unspecified atom stereocenters. The van der Waals surface area contributed by atoms with Crippen LogP contribution in [0.2, 0.25) is 0 Å². The number of rotatable bonds is 5. The Morgan fingerprint density at radius 2 is 1.97 bits per heavy atom. The van der Waals surface area contributed by atoms with Gasteiger partial charge in [0.1, 0.15) is 5.82 Å². The van der Waals surface area contributed by atoms with Crippen molar-refractivity contribution in [3.05, 3.63) is 42.5 Å². The second-order valence-electron chi connectivity index (χ2n) is 7.21. The minimum atomic E-state index is -0.312. The molecular weight excluding hydrogens is 387 g/mol. The van der Waals surface area contributed by atoms with Gasteiger partial charge in [0.25, 0.3) is 5.89 Å². The van der Waals surface area contributed by atoms with E-state index in [9.17, 15) is 4.39 Å². The van der Waals surface area contributed by atoms with Gasteiger partial charge in [-0.25, -0.2) is 14.1 Å². The number of hydrogen-bond donors (Lipinski definition) is 1. The molecule has 154 valence electrons. The topological polar surface area (TPSA) is 90.9 Å². The number of aromatic nitrogens is 5. The van der Waals surface area contributed by atoms with Gasteiger partial charge in [0.2, 0.25) is 5.82 Å². The van der Waals surface area contributed by atoms with E-state index in [0.717, 1.165) is 49.3 Å². The summed E-state index contributed by atoms with van der Waals surface area (Å²) in [6.45, 7) is 4.21. The summed E-state index contributed by atoms with van der Waals surface area (Å²) in [6.07, 6.45) is 5.37. The third-order valence-corrected chi connectivity index (χ3v) is 5.29. The Morgan fingerprint density at radius 1 is 1.17 bits per heavy atom. The van der Waals surface area contributed by atoms with Gasteiger partial charge in [-0.1, -0.05) is 5.16 Å². The molecule has 0 bridgehead atoms. The maximum Gasteiger partial charge on any atom is 0.261 e. The summed E-state index contributed by atoms with van der Waals surface area (Å²) in [5.74, 6) is 0.432. The van der Waals surface area contributed by atoms with E-state index in [1.54, 1.807) is 18.3 Å². The molecule has 0 amide bonds. The standard InChI is InChI=1S/C21H21FN6O2/c1-2-28-20-16(12-24-28)18(25-15-7-9-29-10-8-15)17(11-23-20)21-26-19(27-30-21)13-3-5-14(22)6-4-13/h3-6,11-12,15H,2,7-10H2,1H3,(H,23,25). The van der Waals surface area contributed by atoms with Crippen LogP contribution in [0, 0.1) is 5.82 Å². The molecule has 0 aliphatic carbocycles. The van der Waals surface area contributed by atoms with Crippen molar-refractivity contribution < 1.29 is 13.7 Å². The third kappa shape index (κ3) is 3.41. The number of halogens is 1. The Hall–Kier alpha value is -3.33. The summed E-state index contributed by atoms with van der Waals surface area (Å²) in [7, 11) is 0. The normalized spacial score (nSPS) is 15.0. The number of hydrogen-bond acceptors (Lipinski definition) is 7. The van der Waals surface area contributed by atoms with Crippen LogP contribution >= 0.6 is 0 Å². The minimum absolute atomic E-state index is 0.271. The van der Waals surface area contributed by atoms with Crippen molar-refractivity contribution in [1.29, 1.82) is 0 Å². The minimum Gasteiger partial charge on any atom is -0.381 e. The number of aryl methyl sites for hydroxylation is 1. The monoisotopic (exact) mass is 408 g/mol. The molecular formula is C21H21FN6O2. The zero-order valence-corrected chi connectivity index (χ0v) is 16.5. The van der Waals surface area contributed by atoms with E-state index in [4.69, 9.17) is 9.26 Å². The van der Waals surface area contributed by atoms with E-state index in [-0.39, 0.29) is 11.9 Å². The van der Waals surface area contributed by atoms with Gasteiger partial charge in [-0.05, 0) is 44.0 Å². The van der Waals surface area contributed by atoms with Crippen molar-refractivity contribution >= 4 is 16.7 Å². The van der Waals surface area contributed by atoms with E-state index < -0.39 is 0 Å². The lowest BCUT2D eigenvalue weighted by atomic mass is 10.1. The maximum absolute atomic E-state index is 13.2. The summed E-state index contributed by atoms with van der Waals surface area (Å²) < 4.78 is 26.1. The fourth-order valence-corrected chi connectivity index (χ4v) is 3.67. The third-order valence-electron chi connectivity index (χ3n) is 5.29. The second-order valence-corrected chi connectivity index (χ2v) is 7.21. The lowest BCUT2D eigenvalue weighted by Gasteiger charge is -2.25. The Bertz CT molecular complexity index is 1160. The van der Waals surface area contributed by atoms with Crippen LogP contribution in [0.25, 0.3) is 33.9 Å². The predicted molar refractivity (Wildman–Crippen MR) is 109 cm³/mol. The summed E-state index contributed by atoms with van der Waals surface area (Å²) >= 11 is 0. The van der Waals surface area contributed by atoms with Gasteiger partial charge in [-0.2, -0.15) is 10.1 Å². The van der Waals surface area contributed by atoms with E-state index >= 15 is 0 Å². The highest BCUT2D eigenvalue weighted by Crippen LogP contribution is 2.35. The van der Waals surface area contributed by atoms with E-state index in [0.29, 0.717) is 22.8 Å². The molecule has 4 aromatic rings. The lowest BCUT2D eigenvalue weighted by Crippen LogP contribution is -2.28. The molecule has 0 saturated carbocycles. The smallest absolute Gasteiger partial charge is 0.261 e. The number of fused-ring (bicyclic) bond motifs is 1. The van der Waals surface area contributed by atoms with Crippen LogP contribution < -0.4 is 5.32 Å². The number of anilines is 1. The molecule has 1 aliphatic rings. The molecule has 0 spiro atoms. The average Bonchev–Trinajstić information content (AvgIpc) is 3.43. The van der Waals surface area contributed by atoms with Gasteiger partial charge in [-0.15, -0.1) is 0 Å². The fourth-order valence-electron chi connectivity index (χ4n) is 3.67. The van der Waals surface area contributed by atoms with Gasteiger partial charge >= 0.3 is 0 Å². The number of pyridine rings is 1. The van der Waals surface area contributed by atoms with Crippen LogP contribution in [-0.4, -0.2) is 44.2 Å². The first-order valence-electron chi connectivity index (χ1n) is 10.0. The van der Waals surface area contributed by atoms with E-state index in [1.165, 1.54) is 12.1 Å². The molecule has 30 heavy (non-hydrogen) atoms. The quantitative estimate of drug-likeness (QED) is 0.535. The van der Waals surface area contributed by atoms with Crippen LogP contribution in [0.1, 0.15) is 19.8 Å². The molecule has 1 fully saturated rings. The average molecular weight is 408 g/mol. The molecule has 1 N–H and O–H groups in total. The van der Waals surface area contributed by atoms with Crippen molar-refractivity contribution in [1.82, 2.24) is 24.9 Å². The molecule has 3 aromatic heterocycles. The second kappa shape index (κ2) is 7.83. The largest absolute Gasteiger partial charge is 0.381 e. The van der Waals surface area contributed by atoms with Crippen LogP contribution in [-0.2, 0) is 11.3 Å². The SMILES string of the molecule is CCn1ncc2c(NC3CCOCC3)c(-c3nc(-c4ccc(F)cc4)no3)cnc21. The van der Waals surface area contributed by atoms with E-state index in [2.05, 4.69) is 25.5 Å². The molecule has 9 heteroatoms. The van der Waals surface area contributed by atoms with Crippen LogP contribution in [0.15, 0.2) is 41.2 Å². The van der Waals surface area contributed by atoms with Crippen molar-refractivity contribution in [3.8, 4) is 22.8 Å². The zero-order chi connectivity index (χ0) is 20.5. The first-order valence-corrected chi connectivity index (χ1v) is 10.0. The maximum atomic E-state index is 13.2. The Balaban J connectivity index is 1.57. The first-order chi connectivity index (χ1) is 14.7. The van der Waals surface area contributed by atoms with Crippen molar-refractivity contribution in [2.45, 2.75) is 32.4 Å². The summed E-state index contributed by atoms with van der Waals surface area (Å²) in [5, 5.41) is 13.1. The number of nitrogens with zero attached hydrogens (tertiary/aromatic N) is 5. The summed E-state index contributed by atoms with van der Waals surface area (Å²) in [4.78, 5) is 9.13. The predicted octanol–water partition coefficient (Wildman–Crippen LogP) is 3.90. The number of ether oxygens (including phenoxy) is 1. The van der Waals surface area contributed by atoms with E-state index in [1.807, 2.05) is 17.8 Å². The molecule has 1 aliphatic heterocycles. The van der Waals surface area contributed by atoms with Crippen LogP contribution in [0.3, 0.4) is 0 Å². The molecule has 4 heterocycles. The van der Waals surface area contributed by atoms with Gasteiger partial charge in [-0.3, -0.25) is 0 Å². The Kier molecular flexibility index (Phi) is 4.88. The molecule has 0 radical (unpaired) electrons. The molecule has 5 rings (SSSR count). The summed E-state index contributed by atoms with van der Waals surface area (Å²) in [5.41, 5.74) is 3.07. The van der Waals surface area contributed by atoms with Crippen molar-refractivity contribution in [3.63, 3.8) is 0 Å². The van der Waals surface area contributed by atoms with Crippen LogP contribution in [0.5, 0.6) is 0 Å². The molecule has 8 nitrogen and oxygen atoms in total. The highest BCUT2D eigenvalue weighted by Gasteiger charge is 2.22. The van der Waals surface area contributed by atoms with Gasteiger partial charge < -0.3 is 14.6 Å². The lowest BCUT2D eigenvalue weighted by molar-refractivity contribution is 0.0905. The van der Waals surface area contributed by atoms with Crippen molar-refractivity contribution in [2.75, 3.05) is 18.5 Å². The number of benzene rings is 1. The van der Waals surface area contributed by atoms with Gasteiger partial charge in [0, 0.05) is 37.6 Å². The molecule has 0 atom stereocenters. The fraction of sp³-hybridized carbons (Fsp3) is 0.333. The highest BCUT2D eigenvalue weighted by molar-refractivity contribution is 5.96.